The number of rotatable bonds is 9. The van der Waals surface area contributed by atoms with Crippen LogP contribution in [0.3, 0.4) is 0 Å². The van der Waals surface area contributed by atoms with E-state index in [9.17, 15) is 13.2 Å². The fourth-order valence-electron chi connectivity index (χ4n) is 2.53. The molecule has 0 aliphatic rings. The van der Waals surface area contributed by atoms with Crippen LogP contribution in [0, 0.1) is 6.92 Å². The molecule has 1 aromatic heterocycles. The van der Waals surface area contributed by atoms with Gasteiger partial charge in [-0.1, -0.05) is 0 Å². The van der Waals surface area contributed by atoms with Crippen molar-refractivity contribution in [2.24, 2.45) is 0 Å². The normalized spacial score (nSPS) is 11.7. The standard InChI is InChI=1S/C19H26N2O5S/c1-14(2)21(13-17-8-5-15(3)26-17)19(22)16-6-9-18(10-7-16)27(23,24)20-11-12-25-4/h5-10,14,20H,11-13H2,1-4H3. The van der Waals surface area contributed by atoms with Crippen LogP contribution in [0.15, 0.2) is 45.7 Å². The minimum absolute atomic E-state index is 0.0398. The van der Waals surface area contributed by atoms with Gasteiger partial charge in [0, 0.05) is 25.3 Å². The smallest absolute Gasteiger partial charge is 0.254 e. The van der Waals surface area contributed by atoms with E-state index < -0.39 is 10.0 Å². The molecule has 0 aliphatic heterocycles. The molecule has 0 unspecified atom stereocenters. The van der Waals surface area contributed by atoms with E-state index in [1.54, 1.807) is 4.90 Å². The van der Waals surface area contributed by atoms with Crippen LogP contribution in [0.25, 0.3) is 0 Å². The van der Waals surface area contributed by atoms with E-state index in [2.05, 4.69) is 4.72 Å². The summed E-state index contributed by atoms with van der Waals surface area (Å²) in [5.41, 5.74) is 0.419. The number of carbonyl (C=O) groups excluding carboxylic acids is 1. The maximum Gasteiger partial charge on any atom is 0.254 e. The number of amides is 1. The lowest BCUT2D eigenvalue weighted by atomic mass is 10.1. The molecule has 0 bridgehead atoms. The van der Waals surface area contributed by atoms with E-state index >= 15 is 0 Å². The van der Waals surface area contributed by atoms with Crippen LogP contribution in [0.1, 0.15) is 35.7 Å². The first-order valence-corrected chi connectivity index (χ1v) is 10.2. The summed E-state index contributed by atoms with van der Waals surface area (Å²) in [6.07, 6.45) is 0. The third-order valence-corrected chi connectivity index (χ3v) is 5.49. The Morgan fingerprint density at radius 1 is 1.19 bits per heavy atom. The molecule has 27 heavy (non-hydrogen) atoms. The zero-order valence-corrected chi connectivity index (χ0v) is 16.9. The van der Waals surface area contributed by atoms with Crippen LogP contribution < -0.4 is 4.72 Å². The first-order chi connectivity index (χ1) is 12.7. The fraction of sp³-hybridized carbons (Fsp3) is 0.421. The van der Waals surface area contributed by atoms with E-state index in [4.69, 9.17) is 9.15 Å². The van der Waals surface area contributed by atoms with Crippen molar-refractivity contribution in [3.8, 4) is 0 Å². The second kappa shape index (κ2) is 9.16. The van der Waals surface area contributed by atoms with Crippen LogP contribution in [-0.2, 0) is 21.3 Å². The third-order valence-electron chi connectivity index (χ3n) is 4.02. The fourth-order valence-corrected chi connectivity index (χ4v) is 3.54. The number of methoxy groups -OCH3 is 1. The minimum Gasteiger partial charge on any atom is -0.464 e. The van der Waals surface area contributed by atoms with Crippen LogP contribution in [-0.4, -0.2) is 45.5 Å². The molecule has 0 saturated heterocycles. The summed E-state index contributed by atoms with van der Waals surface area (Å²) >= 11 is 0. The number of ether oxygens (including phenoxy) is 1. The summed E-state index contributed by atoms with van der Waals surface area (Å²) in [6.45, 7) is 6.51. The van der Waals surface area contributed by atoms with E-state index in [-0.39, 0.29) is 30.0 Å². The lowest BCUT2D eigenvalue weighted by Crippen LogP contribution is -2.36. The predicted octanol–water partition coefficient (Wildman–Crippen LogP) is 2.56. The third kappa shape index (κ3) is 5.66. The Balaban J connectivity index is 2.14. The van der Waals surface area contributed by atoms with Crippen molar-refractivity contribution in [2.75, 3.05) is 20.3 Å². The Labute approximate surface area is 160 Å². The van der Waals surface area contributed by atoms with Gasteiger partial charge in [0.2, 0.25) is 10.0 Å². The van der Waals surface area contributed by atoms with Crippen molar-refractivity contribution in [3.05, 3.63) is 53.5 Å². The molecule has 0 saturated carbocycles. The molecule has 1 aromatic carbocycles. The highest BCUT2D eigenvalue weighted by atomic mass is 32.2. The highest BCUT2D eigenvalue weighted by molar-refractivity contribution is 7.89. The number of carbonyl (C=O) groups is 1. The number of hydrogen-bond donors (Lipinski definition) is 1. The van der Waals surface area contributed by atoms with Gasteiger partial charge < -0.3 is 14.1 Å². The molecule has 0 fully saturated rings. The summed E-state index contributed by atoms with van der Waals surface area (Å²) in [4.78, 5) is 14.7. The molecule has 1 heterocycles. The van der Waals surface area contributed by atoms with Crippen molar-refractivity contribution < 1.29 is 22.4 Å². The summed E-state index contributed by atoms with van der Waals surface area (Å²) < 4.78 is 37.2. The van der Waals surface area contributed by atoms with Crippen molar-refractivity contribution >= 4 is 15.9 Å². The summed E-state index contributed by atoms with van der Waals surface area (Å²) in [5, 5.41) is 0. The van der Waals surface area contributed by atoms with E-state index in [0.717, 1.165) is 5.76 Å². The van der Waals surface area contributed by atoms with Crippen molar-refractivity contribution in [3.63, 3.8) is 0 Å². The largest absolute Gasteiger partial charge is 0.464 e. The van der Waals surface area contributed by atoms with Gasteiger partial charge >= 0.3 is 0 Å². The van der Waals surface area contributed by atoms with Gasteiger partial charge in [-0.3, -0.25) is 4.79 Å². The highest BCUT2D eigenvalue weighted by Gasteiger charge is 2.21. The SMILES string of the molecule is COCCNS(=O)(=O)c1ccc(C(=O)N(Cc2ccc(C)o2)C(C)C)cc1. The summed E-state index contributed by atoms with van der Waals surface area (Å²) in [5.74, 6) is 1.31. The van der Waals surface area contributed by atoms with Gasteiger partial charge in [0.25, 0.3) is 5.91 Å². The summed E-state index contributed by atoms with van der Waals surface area (Å²) in [7, 11) is -2.13. The van der Waals surface area contributed by atoms with Crippen LogP contribution in [0.5, 0.6) is 0 Å². The number of benzene rings is 1. The van der Waals surface area contributed by atoms with Crippen LogP contribution >= 0.6 is 0 Å². The molecule has 2 rings (SSSR count). The molecule has 148 valence electrons. The Morgan fingerprint density at radius 2 is 1.85 bits per heavy atom. The maximum atomic E-state index is 12.9. The zero-order chi connectivity index (χ0) is 20.0. The molecule has 0 radical (unpaired) electrons. The average Bonchev–Trinajstić information content (AvgIpc) is 3.04. The quantitative estimate of drug-likeness (QED) is 0.660. The van der Waals surface area contributed by atoms with Gasteiger partial charge in [-0.15, -0.1) is 0 Å². The van der Waals surface area contributed by atoms with Gasteiger partial charge in [0.15, 0.2) is 0 Å². The van der Waals surface area contributed by atoms with Gasteiger partial charge in [-0.25, -0.2) is 13.1 Å². The van der Waals surface area contributed by atoms with Crippen LogP contribution in [0.4, 0.5) is 0 Å². The molecule has 0 atom stereocenters. The van der Waals surface area contributed by atoms with Crippen LogP contribution in [0.2, 0.25) is 0 Å². The van der Waals surface area contributed by atoms with E-state index in [0.29, 0.717) is 17.9 Å². The number of nitrogens with zero attached hydrogens (tertiary/aromatic N) is 1. The number of furan rings is 1. The average molecular weight is 394 g/mol. The molecule has 1 N–H and O–H groups in total. The molecule has 0 spiro atoms. The van der Waals surface area contributed by atoms with Gasteiger partial charge in [0.1, 0.15) is 11.5 Å². The van der Waals surface area contributed by atoms with Gasteiger partial charge in [-0.2, -0.15) is 0 Å². The monoisotopic (exact) mass is 394 g/mol. The Kier molecular flexibility index (Phi) is 7.18. The maximum absolute atomic E-state index is 12.9. The van der Waals surface area contributed by atoms with Crippen molar-refractivity contribution in [1.82, 2.24) is 9.62 Å². The lowest BCUT2D eigenvalue weighted by Gasteiger charge is -2.26. The topological polar surface area (TPSA) is 88.8 Å². The second-order valence-corrected chi connectivity index (χ2v) is 8.22. The lowest BCUT2D eigenvalue weighted by molar-refractivity contribution is 0.0675. The first kappa shape index (κ1) is 21.1. The number of aryl methyl sites for hydroxylation is 1. The van der Waals surface area contributed by atoms with Crippen molar-refractivity contribution in [2.45, 2.75) is 38.3 Å². The van der Waals surface area contributed by atoms with Gasteiger partial charge in [0.05, 0.1) is 18.0 Å². The predicted molar refractivity (Wildman–Crippen MR) is 102 cm³/mol. The molecule has 0 aliphatic carbocycles. The Bertz CT molecular complexity index is 856. The molecule has 1 amide bonds. The molecular weight excluding hydrogens is 368 g/mol. The number of hydrogen-bond acceptors (Lipinski definition) is 5. The second-order valence-electron chi connectivity index (χ2n) is 6.45. The Morgan fingerprint density at radius 3 is 2.37 bits per heavy atom. The molecule has 2 aromatic rings. The number of sulfonamides is 1. The first-order valence-electron chi connectivity index (χ1n) is 8.69. The number of nitrogens with one attached hydrogen (secondary N) is 1. The van der Waals surface area contributed by atoms with E-state index in [1.807, 2.05) is 32.9 Å². The van der Waals surface area contributed by atoms with E-state index in [1.165, 1.54) is 31.4 Å². The Hall–Kier alpha value is -2.16. The van der Waals surface area contributed by atoms with Crippen molar-refractivity contribution in [1.29, 1.82) is 0 Å². The molecule has 8 heteroatoms. The zero-order valence-electron chi connectivity index (χ0n) is 16.1. The highest BCUT2D eigenvalue weighted by Crippen LogP contribution is 2.17. The van der Waals surface area contributed by atoms with Gasteiger partial charge in [-0.05, 0) is 57.2 Å². The summed E-state index contributed by atoms with van der Waals surface area (Å²) in [6, 6.07) is 9.57. The molecular formula is C19H26N2O5S. The molecule has 7 nitrogen and oxygen atoms in total. The minimum atomic E-state index is -3.63.